The second kappa shape index (κ2) is 9.43. The van der Waals surface area contributed by atoms with Gasteiger partial charge in [-0.1, -0.05) is 0 Å². The predicted molar refractivity (Wildman–Crippen MR) is 125 cm³/mol. The maximum absolute atomic E-state index is 14.5. The summed E-state index contributed by atoms with van der Waals surface area (Å²) in [4.78, 5) is 31.0. The number of nitrogens with two attached hydrogens (primary N) is 2. The van der Waals surface area contributed by atoms with Crippen molar-refractivity contribution in [2.45, 2.75) is 37.1 Å². The van der Waals surface area contributed by atoms with Crippen molar-refractivity contribution >= 4 is 29.3 Å². The molecule has 36 heavy (non-hydrogen) atoms. The topological polar surface area (TPSA) is 144 Å². The number of anilines is 2. The number of pyridine rings is 2. The summed E-state index contributed by atoms with van der Waals surface area (Å²) in [5.41, 5.74) is 9.58. The van der Waals surface area contributed by atoms with Gasteiger partial charge in [0.05, 0.1) is 25.0 Å². The van der Waals surface area contributed by atoms with E-state index in [4.69, 9.17) is 11.5 Å². The van der Waals surface area contributed by atoms with Crippen LogP contribution in [0.1, 0.15) is 19.0 Å². The van der Waals surface area contributed by atoms with Gasteiger partial charge in [-0.15, -0.1) is 13.2 Å². The van der Waals surface area contributed by atoms with E-state index in [2.05, 4.69) is 30.0 Å². The number of carbonyl (C=O) groups excluding carboxylic acids is 1. The van der Waals surface area contributed by atoms with E-state index in [9.17, 15) is 22.4 Å². The van der Waals surface area contributed by atoms with Crippen LogP contribution in [-0.4, -0.2) is 71.2 Å². The fourth-order valence-corrected chi connectivity index (χ4v) is 3.73. The third-order valence-electron chi connectivity index (χ3n) is 5.92. The summed E-state index contributed by atoms with van der Waals surface area (Å²) >= 11 is 0. The molecule has 2 aromatic heterocycles. The van der Waals surface area contributed by atoms with Gasteiger partial charge in [0.25, 0.3) is 5.91 Å². The van der Waals surface area contributed by atoms with Gasteiger partial charge in [0, 0.05) is 24.5 Å². The number of piperidine rings is 1. The molecule has 0 saturated carbocycles. The van der Waals surface area contributed by atoms with E-state index in [0.717, 1.165) is 12.3 Å². The molecule has 4 heterocycles. The van der Waals surface area contributed by atoms with Crippen LogP contribution in [0.25, 0.3) is 0 Å². The Bertz CT molecular complexity index is 1200. The molecule has 192 valence electrons. The van der Waals surface area contributed by atoms with Crippen LogP contribution in [0.4, 0.5) is 29.1 Å². The number of aliphatic imine (C=N–C) groups is 2. The summed E-state index contributed by atoms with van der Waals surface area (Å²) in [5.74, 6) is -1.17. The molecule has 0 spiro atoms. The van der Waals surface area contributed by atoms with Crippen molar-refractivity contribution in [3.63, 3.8) is 0 Å². The summed E-state index contributed by atoms with van der Waals surface area (Å²) < 4.78 is 56.7. The minimum Gasteiger partial charge on any atom is -0.403 e. The molecule has 3 unspecified atom stereocenters. The summed E-state index contributed by atoms with van der Waals surface area (Å²) in [5, 5.41) is 2.61. The number of halogens is 4. The van der Waals surface area contributed by atoms with E-state index in [1.165, 1.54) is 18.5 Å². The largest absolute Gasteiger partial charge is 0.573 e. The van der Waals surface area contributed by atoms with Crippen LogP contribution in [0.3, 0.4) is 0 Å². The lowest BCUT2D eigenvalue weighted by Gasteiger charge is -2.41. The molecule has 0 bridgehead atoms. The molecule has 0 aliphatic carbocycles. The van der Waals surface area contributed by atoms with Gasteiger partial charge in [-0.05, 0) is 37.6 Å². The minimum atomic E-state index is -4.93. The van der Waals surface area contributed by atoms with E-state index in [0.29, 0.717) is 18.7 Å². The minimum absolute atomic E-state index is 0.0214. The van der Waals surface area contributed by atoms with Crippen LogP contribution in [-0.2, 0) is 4.79 Å². The number of nitrogens with zero attached hydrogens (tertiary/aromatic N) is 5. The highest BCUT2D eigenvalue weighted by Crippen LogP contribution is 2.31. The van der Waals surface area contributed by atoms with Crippen LogP contribution in [0.15, 0.2) is 46.6 Å². The fourth-order valence-electron chi connectivity index (χ4n) is 3.73. The lowest BCUT2D eigenvalue weighted by molar-refractivity contribution is -0.274. The van der Waals surface area contributed by atoms with E-state index in [-0.39, 0.29) is 30.3 Å². The molecule has 10 nitrogen and oxygen atoms in total. The van der Waals surface area contributed by atoms with Gasteiger partial charge in [-0.2, -0.15) is 0 Å². The molecule has 4 rings (SSSR count). The molecule has 1 fully saturated rings. The summed E-state index contributed by atoms with van der Waals surface area (Å²) in [6.45, 7) is 1.75. The number of hydrogen-bond donors (Lipinski definition) is 3. The Balaban J connectivity index is 1.49. The number of carbonyl (C=O) groups is 1. The molecular formula is C22H24F4N8O2. The molecule has 1 amide bonds. The van der Waals surface area contributed by atoms with E-state index < -0.39 is 35.4 Å². The van der Waals surface area contributed by atoms with Gasteiger partial charge in [0.1, 0.15) is 17.6 Å². The molecule has 0 radical (unpaired) electrons. The summed E-state index contributed by atoms with van der Waals surface area (Å²) in [6.07, 6.45) is -2.04. The highest BCUT2D eigenvalue weighted by atomic mass is 19.4. The van der Waals surface area contributed by atoms with E-state index in [1.54, 1.807) is 24.0 Å². The zero-order valence-corrected chi connectivity index (χ0v) is 19.2. The predicted octanol–water partition coefficient (Wildman–Crippen LogP) is 1.81. The standard InChI is InChI=1S/C22H24F4N8O2/c1-20(27)6-9-34(11-16(20)23)14-4-2-8-30-18(14)33-19(35)21(28)12-31-13(10-32-21)17-15(5-3-7-29-17)36-22(24,25)26/h2-5,7-8,10,16H,6,9,11-12,27-28H2,1H3,(H,30,33,35). The smallest absolute Gasteiger partial charge is 0.403 e. The zero-order chi connectivity index (χ0) is 26.1. The van der Waals surface area contributed by atoms with Crippen molar-refractivity contribution in [3.8, 4) is 5.75 Å². The van der Waals surface area contributed by atoms with Crippen LogP contribution in [0.5, 0.6) is 5.75 Å². The highest BCUT2D eigenvalue weighted by molar-refractivity contribution is 6.39. The maximum atomic E-state index is 14.5. The van der Waals surface area contributed by atoms with Crippen molar-refractivity contribution in [2.24, 2.45) is 21.5 Å². The Kier molecular flexibility index (Phi) is 6.66. The first-order valence-electron chi connectivity index (χ1n) is 10.9. The monoisotopic (exact) mass is 508 g/mol. The number of aromatic nitrogens is 2. The van der Waals surface area contributed by atoms with Gasteiger partial charge in [0.2, 0.25) is 5.66 Å². The molecule has 2 aliphatic rings. The van der Waals surface area contributed by atoms with Crippen molar-refractivity contribution in [1.82, 2.24) is 9.97 Å². The van der Waals surface area contributed by atoms with Crippen LogP contribution in [0, 0.1) is 0 Å². The number of ether oxygens (including phenoxy) is 1. The Morgan fingerprint density at radius 1 is 1.22 bits per heavy atom. The van der Waals surface area contributed by atoms with E-state index in [1.807, 2.05) is 0 Å². The molecule has 14 heteroatoms. The quantitative estimate of drug-likeness (QED) is 0.523. The van der Waals surface area contributed by atoms with Gasteiger partial charge >= 0.3 is 6.36 Å². The molecule has 3 atom stereocenters. The second-order valence-corrected chi connectivity index (χ2v) is 8.78. The van der Waals surface area contributed by atoms with Gasteiger partial charge in [0.15, 0.2) is 11.6 Å². The molecule has 2 aliphatic heterocycles. The maximum Gasteiger partial charge on any atom is 0.573 e. The first kappa shape index (κ1) is 25.4. The molecular weight excluding hydrogens is 484 g/mol. The molecule has 5 N–H and O–H groups in total. The lowest BCUT2D eigenvalue weighted by atomic mass is 9.89. The molecule has 2 aromatic rings. The number of alkyl halides is 4. The average Bonchev–Trinajstić information content (AvgIpc) is 2.81. The van der Waals surface area contributed by atoms with Crippen molar-refractivity contribution in [2.75, 3.05) is 29.9 Å². The van der Waals surface area contributed by atoms with Crippen molar-refractivity contribution < 1.29 is 27.1 Å². The molecule has 0 aromatic carbocycles. The fraction of sp³-hybridized carbons (Fsp3) is 0.409. The molecule has 1 saturated heterocycles. The lowest BCUT2D eigenvalue weighted by Crippen LogP contribution is -2.57. The van der Waals surface area contributed by atoms with Gasteiger partial charge in [-0.3, -0.25) is 25.5 Å². The average molecular weight is 508 g/mol. The SMILES string of the molecule is CC1(N)CCN(c2cccnc2NC(=O)C2(N)CN=C(c3ncccc3OC(F)(F)F)C=N2)CC1F. The highest BCUT2D eigenvalue weighted by Gasteiger charge is 2.39. The Labute approximate surface area is 203 Å². The van der Waals surface area contributed by atoms with E-state index >= 15 is 0 Å². The Hall–Kier alpha value is -3.65. The Morgan fingerprint density at radius 3 is 2.61 bits per heavy atom. The van der Waals surface area contributed by atoms with Crippen LogP contribution < -0.4 is 26.4 Å². The van der Waals surface area contributed by atoms with Crippen LogP contribution in [0.2, 0.25) is 0 Å². The van der Waals surface area contributed by atoms with Gasteiger partial charge in [-0.25, -0.2) is 9.37 Å². The number of nitrogens with one attached hydrogen (secondary N) is 1. The van der Waals surface area contributed by atoms with Gasteiger partial charge < -0.3 is 20.7 Å². The third-order valence-corrected chi connectivity index (χ3v) is 5.92. The summed E-state index contributed by atoms with van der Waals surface area (Å²) in [6, 6.07) is 5.69. The van der Waals surface area contributed by atoms with Crippen molar-refractivity contribution in [1.29, 1.82) is 0 Å². The van der Waals surface area contributed by atoms with Crippen LogP contribution >= 0.6 is 0 Å². The Morgan fingerprint density at radius 2 is 1.94 bits per heavy atom. The first-order chi connectivity index (χ1) is 16.9. The first-order valence-corrected chi connectivity index (χ1v) is 10.9. The number of hydrogen-bond acceptors (Lipinski definition) is 9. The normalized spacial score (nSPS) is 26.4. The number of amides is 1. The van der Waals surface area contributed by atoms with Crippen molar-refractivity contribution in [3.05, 3.63) is 42.4 Å². The summed E-state index contributed by atoms with van der Waals surface area (Å²) in [7, 11) is 0. The zero-order valence-electron chi connectivity index (χ0n) is 19.2. The number of rotatable bonds is 5. The third kappa shape index (κ3) is 5.44. The second-order valence-electron chi connectivity index (χ2n) is 8.78.